The van der Waals surface area contributed by atoms with Gasteiger partial charge >= 0.3 is 6.18 Å². The number of benzene rings is 2. The molecule has 1 amide bonds. The molecule has 0 aromatic heterocycles. The molecule has 1 N–H and O–H groups in total. The van der Waals surface area contributed by atoms with Crippen LogP contribution >= 0.6 is 0 Å². The van der Waals surface area contributed by atoms with Gasteiger partial charge in [-0.25, -0.2) is 0 Å². The molecule has 2 aromatic carbocycles. The minimum atomic E-state index is -4.41. The van der Waals surface area contributed by atoms with E-state index < -0.39 is 11.7 Å². The third-order valence-electron chi connectivity index (χ3n) is 3.64. The van der Waals surface area contributed by atoms with Gasteiger partial charge in [0.05, 0.1) is 32.7 Å². The maximum absolute atomic E-state index is 12.7. The van der Waals surface area contributed by atoms with E-state index in [4.69, 9.17) is 9.47 Å². The molecular weight excluding hydrogens is 359 g/mol. The van der Waals surface area contributed by atoms with E-state index in [9.17, 15) is 18.0 Å². The van der Waals surface area contributed by atoms with Crippen molar-refractivity contribution in [3.63, 3.8) is 0 Å². The van der Waals surface area contributed by atoms with Gasteiger partial charge in [0.15, 0.2) is 0 Å². The highest BCUT2D eigenvalue weighted by Gasteiger charge is 2.30. The van der Waals surface area contributed by atoms with E-state index in [1.54, 1.807) is 18.2 Å². The van der Waals surface area contributed by atoms with Crippen LogP contribution in [0.15, 0.2) is 42.5 Å². The zero-order chi connectivity index (χ0) is 19.9. The fraction of sp³-hybridized carbons (Fsp3) is 0.250. The summed E-state index contributed by atoms with van der Waals surface area (Å²) in [6.45, 7) is 0.0214. The Morgan fingerprint density at radius 2 is 1.89 bits per heavy atom. The number of carbonyl (C=O) groups is 1. The standard InChI is InChI=1S/C20H18F3NO3/c1-26-17-9-8-15(18(13-17)27-2)12-19(25)24-10-4-6-14-5-3-7-16(11-14)20(21,22)23/h3,5,7-9,11,13H,10,12H2,1-2H3,(H,24,25). The average Bonchev–Trinajstić information content (AvgIpc) is 2.65. The van der Waals surface area contributed by atoms with Crippen LogP contribution in [0.4, 0.5) is 13.2 Å². The quantitative estimate of drug-likeness (QED) is 0.813. The summed E-state index contributed by atoms with van der Waals surface area (Å²) in [5, 5.41) is 2.60. The molecule has 7 heteroatoms. The SMILES string of the molecule is COc1ccc(CC(=O)NCC#Cc2cccc(C(F)(F)F)c2)c(OC)c1. The van der Waals surface area contributed by atoms with Crippen molar-refractivity contribution in [1.29, 1.82) is 0 Å². The molecule has 0 aliphatic carbocycles. The van der Waals surface area contributed by atoms with E-state index >= 15 is 0 Å². The van der Waals surface area contributed by atoms with Crippen molar-refractivity contribution in [3.05, 3.63) is 59.2 Å². The molecule has 0 saturated heterocycles. The van der Waals surface area contributed by atoms with Gasteiger partial charge in [0.1, 0.15) is 11.5 Å². The van der Waals surface area contributed by atoms with Gasteiger partial charge in [-0.3, -0.25) is 4.79 Å². The number of carbonyl (C=O) groups excluding carboxylic acids is 1. The van der Waals surface area contributed by atoms with E-state index in [1.165, 1.54) is 26.4 Å². The molecule has 2 aromatic rings. The van der Waals surface area contributed by atoms with Crippen molar-refractivity contribution in [3.8, 4) is 23.3 Å². The largest absolute Gasteiger partial charge is 0.497 e. The molecule has 0 atom stereocenters. The zero-order valence-corrected chi connectivity index (χ0v) is 14.8. The number of nitrogens with one attached hydrogen (secondary N) is 1. The lowest BCUT2D eigenvalue weighted by Gasteiger charge is -2.10. The summed E-state index contributed by atoms with van der Waals surface area (Å²) < 4.78 is 48.3. The van der Waals surface area contributed by atoms with Crippen LogP contribution in [0.1, 0.15) is 16.7 Å². The molecule has 0 aliphatic rings. The fourth-order valence-electron chi connectivity index (χ4n) is 2.30. The van der Waals surface area contributed by atoms with Crippen LogP contribution in [0, 0.1) is 11.8 Å². The number of alkyl halides is 3. The lowest BCUT2D eigenvalue weighted by Crippen LogP contribution is -2.25. The van der Waals surface area contributed by atoms with Crippen LogP contribution in [0.3, 0.4) is 0 Å². The normalized spacial score (nSPS) is 10.6. The van der Waals surface area contributed by atoms with Crippen LogP contribution in [0.2, 0.25) is 0 Å². The van der Waals surface area contributed by atoms with E-state index in [1.807, 2.05) is 0 Å². The first kappa shape index (κ1) is 20.2. The molecule has 4 nitrogen and oxygen atoms in total. The van der Waals surface area contributed by atoms with Crippen LogP contribution in [0.5, 0.6) is 11.5 Å². The Balaban J connectivity index is 1.93. The van der Waals surface area contributed by atoms with Crippen molar-refractivity contribution >= 4 is 5.91 Å². The van der Waals surface area contributed by atoms with E-state index in [2.05, 4.69) is 17.2 Å². The summed E-state index contributed by atoms with van der Waals surface area (Å²) in [6, 6.07) is 9.85. The second-order valence-corrected chi connectivity index (χ2v) is 5.51. The number of halogens is 3. The van der Waals surface area contributed by atoms with Crippen LogP contribution < -0.4 is 14.8 Å². The third-order valence-corrected chi connectivity index (χ3v) is 3.64. The first-order chi connectivity index (χ1) is 12.8. The lowest BCUT2D eigenvalue weighted by molar-refractivity contribution is -0.137. The Morgan fingerprint density at radius 3 is 2.56 bits per heavy atom. The van der Waals surface area contributed by atoms with Crippen LogP contribution in [0.25, 0.3) is 0 Å². The van der Waals surface area contributed by atoms with Crippen LogP contribution in [-0.4, -0.2) is 26.7 Å². The van der Waals surface area contributed by atoms with Crippen molar-refractivity contribution in [2.24, 2.45) is 0 Å². The van der Waals surface area contributed by atoms with Gasteiger partial charge in [0.25, 0.3) is 0 Å². The first-order valence-electron chi connectivity index (χ1n) is 7.97. The monoisotopic (exact) mass is 377 g/mol. The van der Waals surface area contributed by atoms with Gasteiger partial charge in [0.2, 0.25) is 5.91 Å². The molecule has 0 saturated carbocycles. The maximum atomic E-state index is 12.7. The molecule has 0 aliphatic heterocycles. The topological polar surface area (TPSA) is 47.6 Å². The highest BCUT2D eigenvalue weighted by molar-refractivity contribution is 5.79. The summed E-state index contributed by atoms with van der Waals surface area (Å²) in [5.74, 6) is 6.11. The minimum absolute atomic E-state index is 0.0214. The molecule has 27 heavy (non-hydrogen) atoms. The van der Waals surface area contributed by atoms with E-state index in [0.717, 1.165) is 12.1 Å². The van der Waals surface area contributed by atoms with Gasteiger partial charge in [-0.15, -0.1) is 0 Å². The molecule has 0 fully saturated rings. The predicted molar refractivity (Wildman–Crippen MR) is 94.6 cm³/mol. The summed E-state index contributed by atoms with van der Waals surface area (Å²) in [7, 11) is 3.03. The second-order valence-electron chi connectivity index (χ2n) is 5.51. The molecule has 0 radical (unpaired) electrons. The number of rotatable bonds is 5. The molecule has 0 spiro atoms. The summed E-state index contributed by atoms with van der Waals surface area (Å²) >= 11 is 0. The molecule has 0 bridgehead atoms. The van der Waals surface area contributed by atoms with Crippen molar-refractivity contribution in [1.82, 2.24) is 5.32 Å². The van der Waals surface area contributed by atoms with Gasteiger partial charge in [0, 0.05) is 17.2 Å². The average molecular weight is 377 g/mol. The molecule has 142 valence electrons. The predicted octanol–water partition coefficient (Wildman–Crippen LogP) is 3.43. The highest BCUT2D eigenvalue weighted by atomic mass is 19.4. The van der Waals surface area contributed by atoms with Gasteiger partial charge in [-0.1, -0.05) is 24.0 Å². The fourth-order valence-corrected chi connectivity index (χ4v) is 2.30. The summed E-state index contributed by atoms with van der Waals surface area (Å²) in [4.78, 5) is 12.0. The zero-order valence-electron chi connectivity index (χ0n) is 14.8. The number of amides is 1. The van der Waals surface area contributed by atoms with Crippen molar-refractivity contribution in [2.75, 3.05) is 20.8 Å². The lowest BCUT2D eigenvalue weighted by atomic mass is 10.1. The molecular formula is C20H18F3NO3. The molecule has 0 unspecified atom stereocenters. The number of methoxy groups -OCH3 is 2. The Kier molecular flexibility index (Phi) is 6.72. The first-order valence-corrected chi connectivity index (χ1v) is 7.97. The Hall–Kier alpha value is -3.14. The van der Waals surface area contributed by atoms with Crippen molar-refractivity contribution < 1.29 is 27.4 Å². The number of hydrogen-bond donors (Lipinski definition) is 1. The maximum Gasteiger partial charge on any atom is 0.416 e. The van der Waals surface area contributed by atoms with Crippen LogP contribution in [-0.2, 0) is 17.4 Å². The Bertz CT molecular complexity index is 867. The minimum Gasteiger partial charge on any atom is -0.497 e. The van der Waals surface area contributed by atoms with Crippen molar-refractivity contribution in [2.45, 2.75) is 12.6 Å². The Labute approximate surface area is 155 Å². The third kappa shape index (κ3) is 5.96. The van der Waals surface area contributed by atoms with Gasteiger partial charge in [-0.05, 0) is 24.3 Å². The van der Waals surface area contributed by atoms with Gasteiger partial charge in [-0.2, -0.15) is 13.2 Å². The second kappa shape index (κ2) is 8.99. The van der Waals surface area contributed by atoms with E-state index in [-0.39, 0.29) is 24.4 Å². The van der Waals surface area contributed by atoms with E-state index in [0.29, 0.717) is 17.1 Å². The van der Waals surface area contributed by atoms with Gasteiger partial charge < -0.3 is 14.8 Å². The molecule has 2 rings (SSSR count). The highest BCUT2D eigenvalue weighted by Crippen LogP contribution is 2.29. The smallest absolute Gasteiger partial charge is 0.416 e. The Morgan fingerprint density at radius 1 is 1.11 bits per heavy atom. The molecule has 0 heterocycles. The summed E-state index contributed by atoms with van der Waals surface area (Å²) in [5.41, 5.74) is 0.155. The number of hydrogen-bond acceptors (Lipinski definition) is 3. The summed E-state index contributed by atoms with van der Waals surface area (Å²) in [6.07, 6.45) is -4.33. The number of ether oxygens (including phenoxy) is 2.